The van der Waals surface area contributed by atoms with Crippen LogP contribution in [0.1, 0.15) is 13.8 Å². The van der Waals surface area contributed by atoms with Gasteiger partial charge in [-0.25, -0.2) is 8.78 Å². The molecule has 2 nitrogen and oxygen atoms in total. The number of halogens is 8. The molecule has 0 N–H and O–H groups in total. The molecule has 0 bridgehead atoms. The fourth-order valence-electron chi connectivity index (χ4n) is 0.800. The minimum Gasteiger partial charge on any atom is -0.459 e. The van der Waals surface area contributed by atoms with Crippen LogP contribution in [0.15, 0.2) is 0 Å². The largest absolute Gasteiger partial charge is 0.459 e. The van der Waals surface area contributed by atoms with E-state index in [-0.39, 0.29) is 0 Å². The number of ether oxygens (including phenoxy) is 1. The summed E-state index contributed by atoms with van der Waals surface area (Å²) in [5.41, 5.74) is 0. The van der Waals surface area contributed by atoms with E-state index in [1.54, 1.807) is 0 Å². The molecule has 0 aliphatic heterocycles. The van der Waals surface area contributed by atoms with E-state index in [0.717, 1.165) is 0 Å². The van der Waals surface area contributed by atoms with Crippen LogP contribution in [0.5, 0.6) is 0 Å². The average Bonchev–Trinajstić information content (AvgIpc) is 2.24. The third-order valence-corrected chi connectivity index (χ3v) is 2.02. The van der Waals surface area contributed by atoms with E-state index in [1.807, 2.05) is 0 Å². The molecule has 0 atom stereocenters. The van der Waals surface area contributed by atoms with Crippen molar-refractivity contribution in [1.29, 1.82) is 0 Å². The molecule has 0 fully saturated rings. The first-order chi connectivity index (χ1) is 8.27. The maximum Gasteiger partial charge on any atom is 0.381 e. The van der Waals surface area contributed by atoms with Crippen molar-refractivity contribution in [2.24, 2.45) is 5.92 Å². The first-order valence-corrected chi connectivity index (χ1v) is 4.85. The smallest absolute Gasteiger partial charge is 0.381 e. The van der Waals surface area contributed by atoms with Gasteiger partial charge in [0.1, 0.15) is 0 Å². The maximum atomic E-state index is 12.8. The number of hydrogen-bond donors (Lipinski definition) is 0. The molecule has 0 rings (SSSR count). The van der Waals surface area contributed by atoms with Gasteiger partial charge in [0.05, 0.1) is 5.92 Å². The predicted octanol–water partition coefficient (Wildman–Crippen LogP) is 3.36. The van der Waals surface area contributed by atoms with E-state index in [1.165, 1.54) is 13.8 Å². The van der Waals surface area contributed by atoms with Gasteiger partial charge in [0.15, 0.2) is 6.61 Å². The van der Waals surface area contributed by atoms with Crippen molar-refractivity contribution in [2.45, 2.75) is 38.0 Å². The Hall–Kier alpha value is -1.09. The molecular formula is C9H10F8O2. The van der Waals surface area contributed by atoms with Crippen molar-refractivity contribution in [3.8, 4) is 0 Å². The normalized spacial score (nSPS) is 14.1. The lowest BCUT2D eigenvalue weighted by Crippen LogP contribution is -2.59. The van der Waals surface area contributed by atoms with Gasteiger partial charge in [-0.2, -0.15) is 26.3 Å². The molecule has 0 saturated carbocycles. The highest BCUT2D eigenvalue weighted by Gasteiger charge is 2.75. The van der Waals surface area contributed by atoms with E-state index in [2.05, 4.69) is 4.74 Å². The molecule has 0 amide bonds. The second-order valence-corrected chi connectivity index (χ2v) is 3.96. The van der Waals surface area contributed by atoms with E-state index in [9.17, 15) is 39.9 Å². The summed E-state index contributed by atoms with van der Waals surface area (Å²) in [5, 5.41) is 0. The minimum absolute atomic E-state index is 0.972. The van der Waals surface area contributed by atoms with Crippen molar-refractivity contribution >= 4 is 5.97 Å². The molecule has 0 heterocycles. The third kappa shape index (κ3) is 3.47. The predicted molar refractivity (Wildman–Crippen MR) is 46.6 cm³/mol. The van der Waals surface area contributed by atoms with Gasteiger partial charge in [0, 0.05) is 0 Å². The van der Waals surface area contributed by atoms with Crippen molar-refractivity contribution in [1.82, 2.24) is 0 Å². The van der Waals surface area contributed by atoms with Crippen LogP contribution in [0, 0.1) is 5.92 Å². The summed E-state index contributed by atoms with van der Waals surface area (Å²) in [4.78, 5) is 10.8. The van der Waals surface area contributed by atoms with Crippen molar-refractivity contribution in [2.75, 3.05) is 6.61 Å². The number of rotatable bonds is 6. The summed E-state index contributed by atoms with van der Waals surface area (Å²) in [5.74, 6) is -20.6. The van der Waals surface area contributed by atoms with Crippen LogP contribution in [0.2, 0.25) is 0 Å². The minimum atomic E-state index is -6.36. The highest BCUT2D eigenvalue weighted by atomic mass is 19.4. The molecular weight excluding hydrogens is 292 g/mol. The van der Waals surface area contributed by atoms with Crippen LogP contribution in [0.25, 0.3) is 0 Å². The quantitative estimate of drug-likeness (QED) is 0.555. The maximum absolute atomic E-state index is 12.8. The van der Waals surface area contributed by atoms with Gasteiger partial charge < -0.3 is 4.74 Å². The second-order valence-electron chi connectivity index (χ2n) is 3.96. The summed E-state index contributed by atoms with van der Waals surface area (Å²) >= 11 is 0. The number of carbonyl (C=O) groups excluding carboxylic acids is 1. The van der Waals surface area contributed by atoms with Gasteiger partial charge in [-0.15, -0.1) is 0 Å². The lowest BCUT2D eigenvalue weighted by Gasteiger charge is -2.31. The van der Waals surface area contributed by atoms with Crippen molar-refractivity contribution < 1.29 is 44.7 Å². The Morgan fingerprint density at radius 1 is 1.05 bits per heavy atom. The molecule has 0 aliphatic carbocycles. The molecule has 0 aliphatic rings. The van der Waals surface area contributed by atoms with Gasteiger partial charge in [-0.1, -0.05) is 13.8 Å². The molecule has 114 valence electrons. The molecule has 0 spiro atoms. The topological polar surface area (TPSA) is 26.3 Å². The molecule has 0 radical (unpaired) electrons. The van der Waals surface area contributed by atoms with Crippen LogP contribution in [-0.2, 0) is 9.53 Å². The van der Waals surface area contributed by atoms with E-state index in [0.29, 0.717) is 0 Å². The van der Waals surface area contributed by atoms with Crippen LogP contribution in [0.3, 0.4) is 0 Å². The first kappa shape index (κ1) is 17.9. The van der Waals surface area contributed by atoms with E-state index < -0.39 is 42.7 Å². The lowest BCUT2D eigenvalue weighted by atomic mass is 10.1. The summed E-state index contributed by atoms with van der Waals surface area (Å²) in [7, 11) is 0. The highest BCUT2D eigenvalue weighted by Crippen LogP contribution is 2.48. The van der Waals surface area contributed by atoms with Crippen LogP contribution in [-0.4, -0.2) is 36.8 Å². The zero-order valence-corrected chi connectivity index (χ0v) is 9.70. The molecule has 0 aromatic heterocycles. The fourth-order valence-corrected chi connectivity index (χ4v) is 0.800. The Balaban J connectivity index is 5.03. The first-order valence-electron chi connectivity index (χ1n) is 4.85. The molecule has 19 heavy (non-hydrogen) atoms. The van der Waals surface area contributed by atoms with E-state index in [4.69, 9.17) is 0 Å². The Kier molecular flexibility index (Phi) is 5.18. The SMILES string of the molecule is CC(C)C(=O)OCC(F)(F)C(F)(F)C(F)(F)C(F)F. The molecule has 10 heteroatoms. The number of esters is 1. The highest BCUT2D eigenvalue weighted by molar-refractivity contribution is 5.71. The molecule has 0 aromatic rings. The summed E-state index contributed by atoms with van der Waals surface area (Å²) in [6.45, 7) is -0.0713. The van der Waals surface area contributed by atoms with Crippen LogP contribution < -0.4 is 0 Å². The number of alkyl halides is 8. The van der Waals surface area contributed by atoms with Crippen molar-refractivity contribution in [3.63, 3.8) is 0 Å². The number of carbonyl (C=O) groups is 1. The van der Waals surface area contributed by atoms with Gasteiger partial charge in [0.25, 0.3) is 0 Å². The lowest BCUT2D eigenvalue weighted by molar-refractivity contribution is -0.344. The number of hydrogen-bond acceptors (Lipinski definition) is 2. The van der Waals surface area contributed by atoms with E-state index >= 15 is 0 Å². The molecule has 0 unspecified atom stereocenters. The molecule has 0 aromatic carbocycles. The molecule has 0 saturated heterocycles. The summed E-state index contributed by atoms with van der Waals surface area (Å²) < 4.78 is 103. The zero-order chi connectivity index (χ0) is 15.6. The third-order valence-electron chi connectivity index (χ3n) is 2.02. The van der Waals surface area contributed by atoms with Gasteiger partial charge >= 0.3 is 30.2 Å². The standard InChI is InChI=1S/C9H10F8O2/c1-4(2)5(18)19-3-7(12,13)9(16,17)8(14,15)6(10)11/h4,6H,3H2,1-2H3. The monoisotopic (exact) mass is 302 g/mol. The van der Waals surface area contributed by atoms with Gasteiger partial charge in [-0.3, -0.25) is 4.79 Å². The average molecular weight is 302 g/mol. The van der Waals surface area contributed by atoms with Crippen LogP contribution >= 0.6 is 0 Å². The fraction of sp³-hybridized carbons (Fsp3) is 0.889. The van der Waals surface area contributed by atoms with Crippen LogP contribution in [0.4, 0.5) is 35.1 Å². The Morgan fingerprint density at radius 3 is 1.79 bits per heavy atom. The van der Waals surface area contributed by atoms with Crippen molar-refractivity contribution in [3.05, 3.63) is 0 Å². The van der Waals surface area contributed by atoms with Gasteiger partial charge in [-0.05, 0) is 0 Å². The summed E-state index contributed by atoms with van der Waals surface area (Å²) in [6, 6.07) is 0. The Morgan fingerprint density at radius 2 is 1.47 bits per heavy atom. The Bertz CT molecular complexity index is 326. The zero-order valence-electron chi connectivity index (χ0n) is 9.70. The Labute approximate surface area is 102 Å². The van der Waals surface area contributed by atoms with Gasteiger partial charge in [0.2, 0.25) is 0 Å². The summed E-state index contributed by atoms with van der Waals surface area (Å²) in [6.07, 6.45) is -4.99. The second kappa shape index (κ2) is 5.49.